The molecule has 4 aromatic rings. The van der Waals surface area contributed by atoms with Crippen molar-refractivity contribution in [2.45, 2.75) is 37.2 Å². The summed E-state index contributed by atoms with van der Waals surface area (Å²) in [6, 6.07) is 11.5. The van der Waals surface area contributed by atoms with E-state index in [9.17, 15) is 12.8 Å². The molecule has 1 aliphatic rings. The zero-order valence-corrected chi connectivity index (χ0v) is 20.0. The number of sulfonamides is 1. The van der Waals surface area contributed by atoms with Crippen LogP contribution in [0.1, 0.15) is 30.0 Å². The van der Waals surface area contributed by atoms with Gasteiger partial charge in [0.05, 0.1) is 11.4 Å². The van der Waals surface area contributed by atoms with Crippen molar-refractivity contribution in [1.82, 2.24) is 29.8 Å². The molecule has 4 N–H and O–H groups in total. The molecule has 1 saturated heterocycles. The van der Waals surface area contributed by atoms with Gasteiger partial charge in [0.25, 0.3) is 0 Å². The van der Waals surface area contributed by atoms with Crippen molar-refractivity contribution in [3.63, 3.8) is 0 Å². The van der Waals surface area contributed by atoms with Crippen molar-refractivity contribution in [3.8, 4) is 11.3 Å². The van der Waals surface area contributed by atoms with Crippen molar-refractivity contribution in [3.05, 3.63) is 65.7 Å². The summed E-state index contributed by atoms with van der Waals surface area (Å²) in [7, 11) is -3.99. The second kappa shape index (κ2) is 9.33. The van der Waals surface area contributed by atoms with Gasteiger partial charge in [0.2, 0.25) is 10.0 Å². The molecule has 0 radical (unpaired) electrons. The van der Waals surface area contributed by atoms with Gasteiger partial charge in [0, 0.05) is 18.7 Å². The average molecular weight is 496 g/mol. The maximum Gasteiger partial charge on any atom is 0.243 e. The number of nitrogens with one attached hydrogen (secondary N) is 2. The first-order valence-corrected chi connectivity index (χ1v) is 12.9. The molecule has 1 atom stereocenters. The summed E-state index contributed by atoms with van der Waals surface area (Å²) < 4.78 is 43.7. The number of aromatic nitrogens is 4. The molecule has 0 bridgehead atoms. The third kappa shape index (κ3) is 4.62. The second-order valence-electron chi connectivity index (χ2n) is 8.71. The molecule has 2 aromatic heterocycles. The number of hydrogen-bond acceptors (Lipinski definition) is 7. The van der Waals surface area contributed by atoms with Crippen LogP contribution in [-0.4, -0.2) is 41.3 Å². The van der Waals surface area contributed by atoms with Crippen LogP contribution in [0.5, 0.6) is 0 Å². The highest BCUT2D eigenvalue weighted by molar-refractivity contribution is 7.89. The van der Waals surface area contributed by atoms with E-state index in [1.807, 2.05) is 16.8 Å². The maximum absolute atomic E-state index is 14.2. The van der Waals surface area contributed by atoms with Gasteiger partial charge in [-0.3, -0.25) is 0 Å². The molecule has 1 aliphatic heterocycles. The van der Waals surface area contributed by atoms with Gasteiger partial charge in [-0.05, 0) is 49.6 Å². The lowest BCUT2D eigenvalue weighted by molar-refractivity contribution is 0.354. The topological polar surface area (TPSA) is 128 Å². The summed E-state index contributed by atoms with van der Waals surface area (Å²) in [5, 5.41) is 8.95. The number of aryl methyl sites for hydroxylation is 1. The second-order valence-corrected chi connectivity index (χ2v) is 10.4. The molecule has 1 fully saturated rings. The fourth-order valence-electron chi connectivity index (χ4n) is 4.35. The Kier molecular flexibility index (Phi) is 6.22. The Morgan fingerprint density at radius 1 is 1.20 bits per heavy atom. The lowest BCUT2D eigenvalue weighted by Crippen LogP contribution is -2.32. The van der Waals surface area contributed by atoms with E-state index in [-0.39, 0.29) is 17.5 Å². The summed E-state index contributed by atoms with van der Waals surface area (Å²) in [6.45, 7) is 3.51. The molecule has 182 valence electrons. The quantitative estimate of drug-likeness (QED) is 0.375. The van der Waals surface area contributed by atoms with Crippen LogP contribution in [0, 0.1) is 12.7 Å². The normalized spacial score (nSPS) is 16.6. The Morgan fingerprint density at radius 2 is 2.00 bits per heavy atom. The van der Waals surface area contributed by atoms with E-state index < -0.39 is 15.8 Å². The number of nitrogen functional groups attached to an aromatic ring is 1. The minimum absolute atomic E-state index is 0.0180. The fourth-order valence-corrected chi connectivity index (χ4v) is 5.43. The number of halogens is 1. The van der Waals surface area contributed by atoms with Crippen LogP contribution in [0.25, 0.3) is 22.3 Å². The summed E-state index contributed by atoms with van der Waals surface area (Å²) in [5.74, 6) is -0.416. The summed E-state index contributed by atoms with van der Waals surface area (Å²) in [4.78, 5) is 8.24. The first-order valence-electron chi connectivity index (χ1n) is 11.4. The Bertz CT molecular complexity index is 1480. The molecule has 2 aromatic carbocycles. The third-order valence-corrected chi connectivity index (χ3v) is 7.64. The smallest absolute Gasteiger partial charge is 0.243 e. The zero-order valence-electron chi connectivity index (χ0n) is 19.2. The van der Waals surface area contributed by atoms with Crippen molar-refractivity contribution < 1.29 is 12.8 Å². The molecule has 0 spiro atoms. The maximum atomic E-state index is 14.2. The van der Waals surface area contributed by atoms with Crippen LogP contribution in [0.15, 0.2) is 53.7 Å². The molecular formula is C24H26FN7O2S. The van der Waals surface area contributed by atoms with E-state index in [1.54, 1.807) is 25.1 Å². The first-order chi connectivity index (χ1) is 16.8. The number of nitrogens with two attached hydrogens (primary N) is 1. The highest BCUT2D eigenvalue weighted by Gasteiger charge is 2.24. The molecule has 0 saturated carbocycles. The van der Waals surface area contributed by atoms with Crippen molar-refractivity contribution in [1.29, 1.82) is 0 Å². The summed E-state index contributed by atoms with van der Waals surface area (Å²) in [6.07, 6.45) is 3.49. The molecule has 11 heteroatoms. The van der Waals surface area contributed by atoms with E-state index in [2.05, 4.69) is 20.0 Å². The first kappa shape index (κ1) is 23.3. The van der Waals surface area contributed by atoms with Crippen LogP contribution in [0.3, 0.4) is 0 Å². The molecule has 0 amide bonds. The van der Waals surface area contributed by atoms with Gasteiger partial charge in [-0.1, -0.05) is 30.3 Å². The number of rotatable bonds is 6. The van der Waals surface area contributed by atoms with Gasteiger partial charge in [-0.15, -0.1) is 0 Å². The van der Waals surface area contributed by atoms with Crippen LogP contribution in [0.2, 0.25) is 0 Å². The van der Waals surface area contributed by atoms with Gasteiger partial charge < -0.3 is 11.1 Å². The van der Waals surface area contributed by atoms with E-state index in [0.29, 0.717) is 33.7 Å². The number of fused-ring (bicyclic) bond motifs is 1. The lowest BCUT2D eigenvalue weighted by atomic mass is 10.1. The standard InChI is InChI=1S/C24H26FN7O2S/c1-15-4-9-20(19(25)11-15)35(33,34)30-12-16-5-7-17(8-6-16)22-21-23(26)28-14-29-24(21)32(31-22)18-3-2-10-27-13-18/h4-9,11,14,18,27,30H,2-3,10,12-13H2,1H3,(H2,26,28,29). The minimum Gasteiger partial charge on any atom is -0.383 e. The Balaban J connectivity index is 1.40. The molecule has 0 aliphatic carbocycles. The van der Waals surface area contributed by atoms with E-state index in [4.69, 9.17) is 10.8 Å². The molecule has 3 heterocycles. The number of anilines is 1. The predicted molar refractivity (Wildman–Crippen MR) is 131 cm³/mol. The Labute approximate surface area is 202 Å². The third-order valence-electron chi connectivity index (χ3n) is 6.21. The largest absolute Gasteiger partial charge is 0.383 e. The number of piperidine rings is 1. The van der Waals surface area contributed by atoms with E-state index >= 15 is 0 Å². The number of hydrogen-bond donors (Lipinski definition) is 3. The van der Waals surface area contributed by atoms with E-state index in [1.165, 1.54) is 18.5 Å². The van der Waals surface area contributed by atoms with Gasteiger partial charge in [0.1, 0.15) is 28.6 Å². The monoisotopic (exact) mass is 495 g/mol. The highest BCUT2D eigenvalue weighted by Crippen LogP contribution is 2.33. The van der Waals surface area contributed by atoms with Crippen LogP contribution >= 0.6 is 0 Å². The molecule has 1 unspecified atom stereocenters. The van der Waals surface area contributed by atoms with Crippen LogP contribution in [-0.2, 0) is 16.6 Å². The average Bonchev–Trinajstić information content (AvgIpc) is 3.24. The molecule has 5 rings (SSSR count). The summed E-state index contributed by atoms with van der Waals surface area (Å²) in [5.41, 5.74) is 9.77. The zero-order chi connectivity index (χ0) is 24.6. The SMILES string of the molecule is Cc1ccc(S(=O)(=O)NCc2ccc(-c3nn(C4CCCNC4)c4ncnc(N)c34)cc2)c(F)c1. The molecular weight excluding hydrogens is 469 g/mol. The van der Waals surface area contributed by atoms with Gasteiger partial charge >= 0.3 is 0 Å². The summed E-state index contributed by atoms with van der Waals surface area (Å²) >= 11 is 0. The minimum atomic E-state index is -3.99. The van der Waals surface area contributed by atoms with Gasteiger partial charge in [0.15, 0.2) is 5.65 Å². The fraction of sp³-hybridized carbons (Fsp3) is 0.292. The van der Waals surface area contributed by atoms with Crippen LogP contribution < -0.4 is 15.8 Å². The van der Waals surface area contributed by atoms with Crippen molar-refractivity contribution in [2.24, 2.45) is 0 Å². The highest BCUT2D eigenvalue weighted by atomic mass is 32.2. The lowest BCUT2D eigenvalue weighted by Gasteiger charge is -2.23. The van der Waals surface area contributed by atoms with Gasteiger partial charge in [-0.2, -0.15) is 5.10 Å². The Hall–Kier alpha value is -3.41. The van der Waals surface area contributed by atoms with E-state index in [0.717, 1.165) is 31.5 Å². The van der Waals surface area contributed by atoms with Crippen molar-refractivity contribution >= 4 is 26.9 Å². The van der Waals surface area contributed by atoms with Crippen molar-refractivity contribution in [2.75, 3.05) is 18.8 Å². The number of benzene rings is 2. The van der Waals surface area contributed by atoms with Crippen LogP contribution in [0.4, 0.5) is 10.2 Å². The predicted octanol–water partition coefficient (Wildman–Crippen LogP) is 2.93. The molecule has 9 nitrogen and oxygen atoms in total. The Morgan fingerprint density at radius 3 is 2.71 bits per heavy atom. The molecule has 35 heavy (non-hydrogen) atoms. The number of nitrogens with zero attached hydrogens (tertiary/aromatic N) is 4. The van der Waals surface area contributed by atoms with Gasteiger partial charge in [-0.25, -0.2) is 32.2 Å².